The van der Waals surface area contributed by atoms with Crippen molar-refractivity contribution >= 4 is 17.7 Å². The summed E-state index contributed by atoms with van der Waals surface area (Å²) in [6, 6.07) is 1.43. The fraction of sp³-hybridized carbons (Fsp3) is 0.444. The van der Waals surface area contributed by atoms with Crippen molar-refractivity contribution in [1.82, 2.24) is 24.6 Å². The molecule has 29 heavy (non-hydrogen) atoms. The zero-order chi connectivity index (χ0) is 20.2. The molecule has 11 nitrogen and oxygen atoms in total. The molecule has 0 atom stereocenters. The van der Waals surface area contributed by atoms with Crippen LogP contribution in [0.5, 0.6) is 11.8 Å². The molecule has 3 aromatic heterocycles. The zero-order valence-corrected chi connectivity index (χ0v) is 16.1. The largest absolute Gasteiger partial charge is 0.494 e. The van der Waals surface area contributed by atoms with Crippen molar-refractivity contribution in [3.8, 4) is 11.8 Å². The van der Waals surface area contributed by atoms with Gasteiger partial charge >= 0.3 is 0 Å². The zero-order valence-electron chi connectivity index (χ0n) is 16.1. The van der Waals surface area contributed by atoms with E-state index >= 15 is 0 Å². The highest BCUT2D eigenvalue weighted by Gasteiger charge is 2.16. The predicted octanol–water partition coefficient (Wildman–Crippen LogP) is -0.815. The van der Waals surface area contributed by atoms with Crippen LogP contribution in [0.25, 0.3) is 11.7 Å². The molecule has 0 spiro atoms. The second-order valence-electron chi connectivity index (χ2n) is 6.59. The minimum absolute atomic E-state index is 0.125. The monoisotopic (exact) mass is 401 g/mol. The first kappa shape index (κ1) is 19.2. The van der Waals surface area contributed by atoms with Crippen LogP contribution in [0.1, 0.15) is 12.0 Å². The molecule has 1 fully saturated rings. The number of nitrogens with one attached hydrogen (secondary N) is 1. The molecule has 0 saturated carbocycles. The smallest absolute Gasteiger partial charge is 0.251 e. The van der Waals surface area contributed by atoms with Gasteiger partial charge in [-0.25, -0.2) is 4.99 Å². The number of rotatable bonds is 5. The van der Waals surface area contributed by atoms with E-state index in [0.717, 1.165) is 13.0 Å². The van der Waals surface area contributed by atoms with Crippen LogP contribution >= 0.6 is 0 Å². The summed E-state index contributed by atoms with van der Waals surface area (Å²) in [4.78, 5) is 18.3. The Labute approximate surface area is 166 Å². The van der Waals surface area contributed by atoms with Gasteiger partial charge in [-0.2, -0.15) is 19.6 Å². The van der Waals surface area contributed by atoms with Crippen molar-refractivity contribution < 1.29 is 19.7 Å². The second-order valence-corrected chi connectivity index (χ2v) is 6.59. The maximum absolute atomic E-state index is 9.93. The van der Waals surface area contributed by atoms with Crippen molar-refractivity contribution in [2.24, 2.45) is 4.99 Å². The van der Waals surface area contributed by atoms with Crippen LogP contribution in [-0.4, -0.2) is 81.3 Å². The van der Waals surface area contributed by atoms with Gasteiger partial charge < -0.3 is 24.6 Å². The molecule has 1 aliphatic heterocycles. The van der Waals surface area contributed by atoms with E-state index in [1.807, 2.05) is 0 Å². The van der Waals surface area contributed by atoms with Gasteiger partial charge in [0.1, 0.15) is 0 Å². The van der Waals surface area contributed by atoms with Gasteiger partial charge in [-0.05, 0) is 12.5 Å². The predicted molar refractivity (Wildman–Crippen MR) is 104 cm³/mol. The molecule has 4 rings (SSSR count). The van der Waals surface area contributed by atoms with E-state index in [0.29, 0.717) is 60.9 Å². The lowest BCUT2D eigenvalue weighted by atomic mass is 10.2. The van der Waals surface area contributed by atoms with Gasteiger partial charge in [0, 0.05) is 43.7 Å². The lowest BCUT2D eigenvalue weighted by molar-refractivity contribution is 0.152. The topological polar surface area (TPSA) is 133 Å². The highest BCUT2D eigenvalue weighted by atomic mass is 16.5. The Morgan fingerprint density at radius 3 is 3.00 bits per heavy atom. The summed E-state index contributed by atoms with van der Waals surface area (Å²) in [5, 5.41) is 24.5. The van der Waals surface area contributed by atoms with Crippen molar-refractivity contribution in [1.29, 1.82) is 0 Å². The normalized spacial score (nSPS) is 16.7. The van der Waals surface area contributed by atoms with Gasteiger partial charge in [-0.1, -0.05) is 0 Å². The van der Waals surface area contributed by atoms with Gasteiger partial charge in [0.25, 0.3) is 5.62 Å². The fourth-order valence-corrected chi connectivity index (χ4v) is 3.12. The first-order chi connectivity index (χ1) is 14.2. The molecule has 3 N–H and O–H groups in total. The molecule has 0 aromatic carbocycles. The first-order valence-corrected chi connectivity index (χ1v) is 9.36. The number of aromatic hydroxyl groups is 2. The molecule has 0 radical (unpaired) electrons. The van der Waals surface area contributed by atoms with Crippen LogP contribution < -0.4 is 15.7 Å². The number of anilines is 1. The summed E-state index contributed by atoms with van der Waals surface area (Å²) in [6.07, 6.45) is 4.20. The van der Waals surface area contributed by atoms with Gasteiger partial charge in [-0.3, -0.25) is 4.98 Å². The third-order valence-corrected chi connectivity index (χ3v) is 4.54. The Balaban J connectivity index is 1.86. The standard InChI is InChI=1S/C18H23N7O4/c1-28-7-3-19-17-23-18(24-4-2-6-29-8-5-24)22-15-13(11-20-25(15)17)9-12-10-14(26)21-16(12)27/h9-11,21,26-27H,2-8H2,1H3. The molecule has 11 heteroatoms. The number of H-pyrrole nitrogens is 1. The van der Waals surface area contributed by atoms with Gasteiger partial charge in [-0.15, -0.1) is 0 Å². The average molecular weight is 401 g/mol. The summed E-state index contributed by atoms with van der Waals surface area (Å²) in [5.74, 6) is 0.293. The number of hydrogen-bond acceptors (Lipinski definition) is 9. The summed E-state index contributed by atoms with van der Waals surface area (Å²) in [6.45, 7) is 3.71. The van der Waals surface area contributed by atoms with Crippen LogP contribution in [0.3, 0.4) is 0 Å². The van der Waals surface area contributed by atoms with E-state index in [1.165, 1.54) is 6.07 Å². The van der Waals surface area contributed by atoms with Crippen molar-refractivity contribution in [2.75, 3.05) is 51.5 Å². The lowest BCUT2D eigenvalue weighted by Crippen LogP contribution is -2.33. The van der Waals surface area contributed by atoms with E-state index < -0.39 is 0 Å². The molecular weight excluding hydrogens is 378 g/mol. The highest BCUT2D eigenvalue weighted by Crippen LogP contribution is 2.21. The summed E-state index contributed by atoms with van der Waals surface area (Å²) in [7, 11) is 1.62. The Bertz CT molecular complexity index is 1100. The van der Waals surface area contributed by atoms with Crippen LogP contribution in [0, 0.1) is 0 Å². The molecule has 154 valence electrons. The molecule has 0 bridgehead atoms. The summed E-state index contributed by atoms with van der Waals surface area (Å²) >= 11 is 0. The van der Waals surface area contributed by atoms with E-state index in [1.54, 1.807) is 23.9 Å². The molecule has 1 aliphatic rings. The van der Waals surface area contributed by atoms with E-state index in [4.69, 9.17) is 14.5 Å². The number of aromatic nitrogens is 5. The first-order valence-electron chi connectivity index (χ1n) is 9.36. The van der Waals surface area contributed by atoms with Gasteiger partial charge in [0.2, 0.25) is 5.95 Å². The minimum Gasteiger partial charge on any atom is -0.494 e. The molecular formula is C18H23N7O4. The number of nitrogens with zero attached hydrogens (tertiary/aromatic N) is 6. The average Bonchev–Trinajstić information content (AvgIpc) is 3.12. The molecule has 0 unspecified atom stereocenters. The quantitative estimate of drug-likeness (QED) is 0.473. The summed E-state index contributed by atoms with van der Waals surface area (Å²) < 4.78 is 12.2. The van der Waals surface area contributed by atoms with Crippen molar-refractivity contribution in [3.63, 3.8) is 0 Å². The maximum atomic E-state index is 9.93. The van der Waals surface area contributed by atoms with E-state index in [-0.39, 0.29) is 11.8 Å². The number of ether oxygens (including phenoxy) is 2. The Kier molecular flexibility index (Phi) is 5.58. The van der Waals surface area contributed by atoms with Crippen molar-refractivity contribution in [2.45, 2.75) is 6.42 Å². The number of aromatic amines is 1. The Hall–Kier alpha value is -3.18. The number of hydrogen-bond donors (Lipinski definition) is 3. The van der Waals surface area contributed by atoms with E-state index in [9.17, 15) is 10.2 Å². The SMILES string of the molecule is COCCN=c1nc(N2CCCOCC2)nc2c(=Cc3cc(O)[nH]c3O)cnn12. The second kappa shape index (κ2) is 8.45. The third-order valence-electron chi connectivity index (χ3n) is 4.54. The van der Waals surface area contributed by atoms with Gasteiger partial charge in [0.15, 0.2) is 17.4 Å². The minimum atomic E-state index is -0.134. The lowest BCUT2D eigenvalue weighted by Gasteiger charge is -2.19. The van der Waals surface area contributed by atoms with Crippen LogP contribution in [0.4, 0.5) is 5.95 Å². The molecule has 0 aliphatic carbocycles. The molecule has 1 saturated heterocycles. The molecule has 3 aromatic rings. The summed E-state index contributed by atoms with van der Waals surface area (Å²) in [5.41, 5.74) is 1.41. The van der Waals surface area contributed by atoms with Crippen molar-refractivity contribution in [3.05, 3.63) is 28.7 Å². The highest BCUT2D eigenvalue weighted by molar-refractivity contribution is 5.61. The molecule has 4 heterocycles. The number of methoxy groups -OCH3 is 1. The molecule has 0 amide bonds. The fourth-order valence-electron chi connectivity index (χ4n) is 3.12. The van der Waals surface area contributed by atoms with E-state index in [2.05, 4.69) is 25.0 Å². The Morgan fingerprint density at radius 2 is 2.21 bits per heavy atom. The van der Waals surface area contributed by atoms with Crippen LogP contribution in [-0.2, 0) is 9.47 Å². The van der Waals surface area contributed by atoms with Gasteiger partial charge in [0.05, 0.1) is 26.0 Å². The van der Waals surface area contributed by atoms with Crippen LogP contribution in [0.15, 0.2) is 17.3 Å². The third kappa shape index (κ3) is 4.15. The van der Waals surface area contributed by atoms with Crippen LogP contribution in [0.2, 0.25) is 0 Å². The Morgan fingerprint density at radius 1 is 1.31 bits per heavy atom. The maximum Gasteiger partial charge on any atom is 0.251 e. The number of fused-ring (bicyclic) bond motifs is 1.